The van der Waals surface area contributed by atoms with Crippen LogP contribution in [0.4, 0.5) is 9.59 Å². The summed E-state index contributed by atoms with van der Waals surface area (Å²) in [6.45, 7) is 9.83. The van der Waals surface area contributed by atoms with Gasteiger partial charge in [0, 0.05) is 18.9 Å². The first-order valence-electron chi connectivity index (χ1n) is 18.2. The highest BCUT2D eigenvalue weighted by Gasteiger charge is 2.62. The Hall–Kier alpha value is -4.40. The molecule has 14 nitrogen and oxygen atoms in total. The predicted molar refractivity (Wildman–Crippen MR) is 191 cm³/mol. The van der Waals surface area contributed by atoms with Crippen molar-refractivity contribution >= 4 is 46.0 Å². The first kappa shape index (κ1) is 37.4. The van der Waals surface area contributed by atoms with Crippen molar-refractivity contribution in [1.29, 1.82) is 0 Å². The molecule has 2 aliphatic carbocycles. The number of sulfonamides is 1. The highest BCUT2D eigenvalue weighted by molar-refractivity contribution is 7.91. The number of carbonyl (C=O) groups is 5. The maximum Gasteiger partial charge on any atom is 0.410 e. The van der Waals surface area contributed by atoms with Crippen LogP contribution in [0.2, 0.25) is 0 Å². The van der Waals surface area contributed by atoms with Gasteiger partial charge in [-0.3, -0.25) is 24.0 Å². The Bertz CT molecular complexity index is 1770. The molecule has 2 saturated carbocycles. The van der Waals surface area contributed by atoms with Crippen molar-refractivity contribution in [3.05, 3.63) is 53.6 Å². The lowest BCUT2D eigenvalue weighted by Crippen LogP contribution is -2.58. The minimum Gasteiger partial charge on any atom is -0.444 e. The van der Waals surface area contributed by atoms with Crippen LogP contribution in [-0.2, 0) is 47.0 Å². The van der Waals surface area contributed by atoms with Gasteiger partial charge in [-0.1, -0.05) is 56.2 Å². The highest BCUT2D eigenvalue weighted by Crippen LogP contribution is 2.45. The second kappa shape index (κ2) is 14.6. The van der Waals surface area contributed by atoms with Gasteiger partial charge >= 0.3 is 12.2 Å². The van der Waals surface area contributed by atoms with E-state index >= 15 is 0 Å². The van der Waals surface area contributed by atoms with Gasteiger partial charge < -0.3 is 25.0 Å². The summed E-state index contributed by atoms with van der Waals surface area (Å²) in [5.74, 6) is -2.67. The molecule has 3 fully saturated rings. The second-order valence-electron chi connectivity index (χ2n) is 15.2. The third-order valence-corrected chi connectivity index (χ3v) is 12.5. The number of carbonyl (C=O) groups excluding carboxylic acids is 5. The summed E-state index contributed by atoms with van der Waals surface area (Å²) in [6, 6.07) is 3.62. The van der Waals surface area contributed by atoms with Crippen LogP contribution in [0, 0.1) is 5.92 Å². The van der Waals surface area contributed by atoms with Crippen molar-refractivity contribution in [3.8, 4) is 0 Å². The monoisotopic (exact) mass is 739 g/mol. The van der Waals surface area contributed by atoms with Gasteiger partial charge in [-0.25, -0.2) is 18.0 Å². The molecule has 1 saturated heterocycles. The molecule has 5 aliphatic rings. The topological polar surface area (TPSA) is 181 Å². The fourth-order valence-electron chi connectivity index (χ4n) is 7.33. The smallest absolute Gasteiger partial charge is 0.410 e. The Morgan fingerprint density at radius 3 is 2.62 bits per heavy atom. The van der Waals surface area contributed by atoms with Crippen molar-refractivity contribution < 1.29 is 41.9 Å². The molecule has 0 spiro atoms. The standard InChI is InChI=1S/C37H49N5O9S/c1-5-7-14-29-32(44)42-21-26(18-30(42)31(43)39-37(19-25(37)6-2)33(45)40-52(48,49)27-15-16-27)50-35(47)41-20-24-13-10-12-23(28(24)22-41)11-8-9-17-36(3,4)51-34(46)38-29/h6,8,10-13,25-27,29-30H,2,5,7,9,14-22H2,1,3-4H3,(H,38,46)(H,39,43)(H,40,45)/b11-8+/t25-,26+,29-,30-,37+/m0/s1. The molecule has 15 heteroatoms. The van der Waals surface area contributed by atoms with Crippen molar-refractivity contribution in [3.63, 3.8) is 0 Å². The Balaban J connectivity index is 1.28. The molecule has 4 bridgehead atoms. The van der Waals surface area contributed by atoms with E-state index in [0.717, 1.165) is 23.1 Å². The van der Waals surface area contributed by atoms with Crippen molar-refractivity contribution in [2.75, 3.05) is 6.54 Å². The molecule has 0 unspecified atom stereocenters. The van der Waals surface area contributed by atoms with E-state index < -0.39 is 80.4 Å². The van der Waals surface area contributed by atoms with Crippen LogP contribution in [0.3, 0.4) is 0 Å². The maximum atomic E-state index is 14.3. The molecule has 0 radical (unpaired) electrons. The highest BCUT2D eigenvalue weighted by atomic mass is 32.2. The molecule has 6 rings (SSSR count). The molecule has 3 aliphatic heterocycles. The Morgan fingerprint density at radius 1 is 1.15 bits per heavy atom. The Labute approximate surface area is 304 Å². The van der Waals surface area contributed by atoms with E-state index in [-0.39, 0.29) is 25.8 Å². The molecule has 3 heterocycles. The lowest BCUT2D eigenvalue weighted by atomic mass is 10.00. The van der Waals surface area contributed by atoms with Crippen LogP contribution in [0.15, 0.2) is 36.9 Å². The van der Waals surface area contributed by atoms with E-state index in [2.05, 4.69) is 21.9 Å². The summed E-state index contributed by atoms with van der Waals surface area (Å²) < 4.78 is 39.2. The van der Waals surface area contributed by atoms with Crippen LogP contribution < -0.4 is 15.4 Å². The van der Waals surface area contributed by atoms with E-state index in [4.69, 9.17) is 9.47 Å². The lowest BCUT2D eigenvalue weighted by Gasteiger charge is -2.31. The SMILES string of the molecule is C=C[C@H]1C[C@]1(NC(=O)[C@@H]1C[C@@H]2CN1C(=O)[C@H](CCCC)NC(=O)OC(C)(C)CC/C=C/c1cccc3c1CN(C3)C(=O)O2)C(=O)NS(=O)(=O)C1CC1. The molecule has 5 atom stereocenters. The number of allylic oxidation sites excluding steroid dienone is 1. The van der Waals surface area contributed by atoms with Gasteiger partial charge in [-0.05, 0) is 69.1 Å². The number of cyclic esters (lactones) is 1. The minimum atomic E-state index is -3.91. The number of hydrogen-bond donors (Lipinski definition) is 3. The third-order valence-electron chi connectivity index (χ3n) is 10.7. The van der Waals surface area contributed by atoms with Gasteiger partial charge in [0.15, 0.2) is 0 Å². The Morgan fingerprint density at radius 2 is 1.92 bits per heavy atom. The summed E-state index contributed by atoms with van der Waals surface area (Å²) in [5, 5.41) is 4.82. The fourth-order valence-corrected chi connectivity index (χ4v) is 8.69. The summed E-state index contributed by atoms with van der Waals surface area (Å²) in [7, 11) is -3.91. The molecule has 0 aromatic heterocycles. The van der Waals surface area contributed by atoms with Gasteiger partial charge in [-0.15, -0.1) is 6.58 Å². The number of fused-ring (bicyclic) bond motifs is 3. The van der Waals surface area contributed by atoms with Crippen molar-refractivity contribution in [2.45, 2.75) is 126 Å². The second-order valence-corrected chi connectivity index (χ2v) is 17.2. The third kappa shape index (κ3) is 7.98. The molecule has 3 N–H and O–H groups in total. The number of benzene rings is 1. The molecular weight excluding hydrogens is 691 g/mol. The zero-order chi connectivity index (χ0) is 37.4. The largest absolute Gasteiger partial charge is 0.444 e. The van der Waals surface area contributed by atoms with Crippen molar-refractivity contribution in [2.24, 2.45) is 5.92 Å². The average Bonchev–Trinajstić information content (AvgIpc) is 3.98. The van der Waals surface area contributed by atoms with Gasteiger partial charge in [0.25, 0.3) is 5.91 Å². The van der Waals surface area contributed by atoms with Gasteiger partial charge in [-0.2, -0.15) is 0 Å². The number of alkyl carbamates (subject to hydrolysis) is 1. The van der Waals surface area contributed by atoms with E-state index in [1.54, 1.807) is 18.7 Å². The molecular formula is C37H49N5O9S. The maximum absolute atomic E-state index is 14.3. The number of hydrogen-bond acceptors (Lipinski definition) is 9. The Kier molecular flexibility index (Phi) is 10.5. The zero-order valence-electron chi connectivity index (χ0n) is 30.0. The van der Waals surface area contributed by atoms with Crippen molar-refractivity contribution in [1.82, 2.24) is 25.2 Å². The van der Waals surface area contributed by atoms with E-state index in [9.17, 15) is 32.4 Å². The fraction of sp³-hybridized carbons (Fsp3) is 0.595. The summed E-state index contributed by atoms with van der Waals surface area (Å²) in [5.41, 5.74) is 0.521. The van der Waals surface area contributed by atoms with Crippen LogP contribution >= 0.6 is 0 Å². The van der Waals surface area contributed by atoms with E-state index in [1.807, 2.05) is 37.3 Å². The summed E-state index contributed by atoms with van der Waals surface area (Å²) >= 11 is 0. The number of nitrogens with zero attached hydrogens (tertiary/aromatic N) is 2. The van der Waals surface area contributed by atoms with E-state index in [1.165, 1.54) is 11.0 Å². The first-order valence-corrected chi connectivity index (χ1v) is 19.7. The number of ether oxygens (including phenoxy) is 2. The molecule has 282 valence electrons. The number of nitrogens with one attached hydrogen (secondary N) is 3. The molecule has 5 amide bonds. The average molecular weight is 740 g/mol. The van der Waals surface area contributed by atoms with Gasteiger partial charge in [0.2, 0.25) is 21.8 Å². The number of rotatable bonds is 9. The molecule has 1 aromatic carbocycles. The summed E-state index contributed by atoms with van der Waals surface area (Å²) in [6.07, 6.45) is 6.90. The predicted octanol–water partition coefficient (Wildman–Crippen LogP) is 3.65. The van der Waals surface area contributed by atoms with Crippen LogP contribution in [0.5, 0.6) is 0 Å². The first-order chi connectivity index (χ1) is 24.7. The normalized spacial score (nSPS) is 29.4. The van der Waals surface area contributed by atoms with Crippen LogP contribution in [0.1, 0.15) is 95.2 Å². The van der Waals surface area contributed by atoms with Gasteiger partial charge in [0.05, 0.1) is 18.3 Å². The van der Waals surface area contributed by atoms with Crippen LogP contribution in [0.25, 0.3) is 6.08 Å². The lowest BCUT2D eigenvalue weighted by molar-refractivity contribution is -0.141. The molecule has 52 heavy (non-hydrogen) atoms. The quantitative estimate of drug-likeness (QED) is 0.319. The number of unbranched alkanes of at least 4 members (excludes halogenated alkanes) is 1. The number of amides is 5. The van der Waals surface area contributed by atoms with E-state index in [0.29, 0.717) is 45.2 Å². The molecule has 1 aromatic rings. The van der Waals surface area contributed by atoms with Gasteiger partial charge in [0.1, 0.15) is 29.3 Å². The summed E-state index contributed by atoms with van der Waals surface area (Å²) in [4.78, 5) is 71.6. The zero-order valence-corrected chi connectivity index (χ0v) is 30.8. The minimum absolute atomic E-state index is 0.0765. The van der Waals surface area contributed by atoms with Crippen LogP contribution in [-0.4, -0.2) is 89.2 Å².